The zero-order valence-corrected chi connectivity index (χ0v) is 19.3. The smallest absolute Gasteiger partial charge is 0.256 e. The second kappa shape index (κ2) is 9.06. The van der Waals surface area contributed by atoms with Gasteiger partial charge >= 0.3 is 0 Å². The molecule has 5 rings (SSSR count). The van der Waals surface area contributed by atoms with E-state index in [0.717, 1.165) is 17.0 Å². The topological polar surface area (TPSA) is 68.7 Å². The first kappa shape index (κ1) is 22.3. The van der Waals surface area contributed by atoms with Gasteiger partial charge in [-0.05, 0) is 43.3 Å². The van der Waals surface area contributed by atoms with Crippen molar-refractivity contribution in [3.63, 3.8) is 0 Å². The summed E-state index contributed by atoms with van der Waals surface area (Å²) in [6, 6.07) is 13.8. The van der Waals surface area contributed by atoms with Gasteiger partial charge in [-0.2, -0.15) is 0 Å². The number of carbonyl (C=O) groups excluding carboxylic acids is 2. The number of ketones is 1. The Hall–Kier alpha value is -3.45. The molecule has 1 fully saturated rings. The molecule has 2 aliphatic heterocycles. The molecule has 0 spiro atoms. The van der Waals surface area contributed by atoms with Crippen LogP contribution in [0.1, 0.15) is 21.6 Å². The molecule has 1 amide bonds. The highest BCUT2D eigenvalue weighted by molar-refractivity contribution is 6.31. The van der Waals surface area contributed by atoms with E-state index in [1.807, 2.05) is 37.3 Å². The van der Waals surface area contributed by atoms with E-state index < -0.39 is 11.7 Å². The summed E-state index contributed by atoms with van der Waals surface area (Å²) in [5.74, 6) is -0.0345. The quantitative estimate of drug-likeness (QED) is 0.537. The fourth-order valence-corrected chi connectivity index (χ4v) is 4.37. The lowest BCUT2D eigenvalue weighted by molar-refractivity contribution is -0.121. The minimum atomic E-state index is -0.644. The number of pyridine rings is 1. The molecule has 2 aliphatic rings. The molecular weight excluding hydrogens is 459 g/mol. The Balaban J connectivity index is 1.23. The Labute approximate surface area is 201 Å². The van der Waals surface area contributed by atoms with E-state index in [0.29, 0.717) is 41.8 Å². The minimum Gasteiger partial charge on any atom is -0.492 e. The van der Waals surface area contributed by atoms with Gasteiger partial charge in [0, 0.05) is 53.3 Å². The summed E-state index contributed by atoms with van der Waals surface area (Å²) < 4.78 is 25.8. The van der Waals surface area contributed by atoms with Crippen molar-refractivity contribution in [1.29, 1.82) is 0 Å². The number of likely N-dealkylation sites (tertiary alicyclic amines) is 1. The van der Waals surface area contributed by atoms with Gasteiger partial charge < -0.3 is 14.4 Å². The average molecular weight is 481 g/mol. The van der Waals surface area contributed by atoms with Gasteiger partial charge in [-0.15, -0.1) is 0 Å². The van der Waals surface area contributed by atoms with E-state index in [4.69, 9.17) is 21.1 Å². The Bertz CT molecular complexity index is 1290. The molecule has 0 aliphatic carbocycles. The Morgan fingerprint density at radius 3 is 2.85 bits per heavy atom. The van der Waals surface area contributed by atoms with Crippen LogP contribution in [0.4, 0.5) is 4.39 Å². The third-order valence-electron chi connectivity index (χ3n) is 5.98. The molecule has 0 radical (unpaired) electrons. The third kappa shape index (κ3) is 4.48. The second-order valence-electron chi connectivity index (χ2n) is 8.64. The Kier molecular flexibility index (Phi) is 5.96. The number of fused-ring (bicyclic) bond motifs is 1. The molecule has 0 saturated carbocycles. The minimum absolute atomic E-state index is 0.0399. The summed E-state index contributed by atoms with van der Waals surface area (Å²) in [6.45, 7) is 3.17. The maximum absolute atomic E-state index is 14.5. The van der Waals surface area contributed by atoms with Crippen molar-refractivity contribution in [2.45, 2.75) is 13.3 Å². The van der Waals surface area contributed by atoms with Crippen LogP contribution in [-0.2, 0) is 11.2 Å². The highest BCUT2D eigenvalue weighted by Gasteiger charge is 2.34. The fourth-order valence-electron chi connectivity index (χ4n) is 4.20. The number of Topliss-reactive ketones (excluding diaryl/α,β-unsaturated/α-hetero) is 1. The molecule has 0 N–H and O–H groups in total. The summed E-state index contributed by atoms with van der Waals surface area (Å²) >= 11 is 6.20. The molecule has 0 unspecified atom stereocenters. The highest BCUT2D eigenvalue weighted by atomic mass is 35.5. The Morgan fingerprint density at radius 2 is 2.06 bits per heavy atom. The van der Waals surface area contributed by atoms with Crippen LogP contribution in [-0.4, -0.2) is 47.9 Å². The van der Waals surface area contributed by atoms with Gasteiger partial charge in [-0.1, -0.05) is 17.7 Å². The van der Waals surface area contributed by atoms with Gasteiger partial charge in [0.05, 0.1) is 17.9 Å². The molecule has 174 valence electrons. The van der Waals surface area contributed by atoms with Crippen LogP contribution in [0.2, 0.25) is 5.02 Å². The van der Waals surface area contributed by atoms with Crippen molar-refractivity contribution in [3.8, 4) is 22.8 Å². The molecule has 1 aromatic heterocycles. The number of ether oxygens (including phenoxy) is 2. The van der Waals surface area contributed by atoms with Gasteiger partial charge in [0.15, 0.2) is 5.78 Å². The van der Waals surface area contributed by atoms with Crippen LogP contribution in [0.3, 0.4) is 0 Å². The number of aromatic nitrogens is 1. The molecule has 2 aromatic carbocycles. The summed E-state index contributed by atoms with van der Waals surface area (Å²) in [7, 11) is 0. The number of aryl methyl sites for hydroxylation is 1. The maximum atomic E-state index is 14.5. The predicted octanol–water partition coefficient (Wildman–Crippen LogP) is 4.50. The van der Waals surface area contributed by atoms with Crippen molar-refractivity contribution in [3.05, 3.63) is 76.2 Å². The van der Waals surface area contributed by atoms with Gasteiger partial charge in [-0.3, -0.25) is 14.6 Å². The van der Waals surface area contributed by atoms with Gasteiger partial charge in [0.25, 0.3) is 5.91 Å². The molecule has 0 atom stereocenters. The van der Waals surface area contributed by atoms with E-state index in [2.05, 4.69) is 4.98 Å². The molecule has 34 heavy (non-hydrogen) atoms. The first-order valence-corrected chi connectivity index (χ1v) is 11.4. The van der Waals surface area contributed by atoms with Gasteiger partial charge in [-0.25, -0.2) is 4.39 Å². The molecule has 6 nitrogen and oxygen atoms in total. The molecular formula is C26H22ClFN2O4. The van der Waals surface area contributed by atoms with Crippen LogP contribution in [0.25, 0.3) is 11.3 Å². The van der Waals surface area contributed by atoms with E-state index in [9.17, 15) is 14.0 Å². The lowest BCUT2D eigenvalue weighted by atomic mass is 9.97. The van der Waals surface area contributed by atoms with Crippen molar-refractivity contribution < 1.29 is 23.5 Å². The summed E-state index contributed by atoms with van der Waals surface area (Å²) in [6.07, 6.45) is 0.144. The van der Waals surface area contributed by atoms with Crippen LogP contribution in [0, 0.1) is 18.7 Å². The number of benzene rings is 2. The van der Waals surface area contributed by atoms with Gasteiger partial charge in [0.2, 0.25) is 0 Å². The van der Waals surface area contributed by atoms with E-state index in [-0.39, 0.29) is 30.3 Å². The number of hydrogen-bond donors (Lipinski definition) is 0. The Morgan fingerprint density at radius 1 is 1.24 bits per heavy atom. The van der Waals surface area contributed by atoms with E-state index in [1.54, 1.807) is 11.0 Å². The summed E-state index contributed by atoms with van der Waals surface area (Å²) in [4.78, 5) is 30.6. The number of halogens is 2. The number of nitrogens with zero attached hydrogens (tertiary/aromatic N) is 2. The second-order valence-corrected chi connectivity index (χ2v) is 9.07. The molecule has 3 heterocycles. The third-order valence-corrected chi connectivity index (χ3v) is 6.22. The fraction of sp³-hybridized carbons (Fsp3) is 0.269. The van der Waals surface area contributed by atoms with E-state index >= 15 is 0 Å². The van der Waals surface area contributed by atoms with Gasteiger partial charge in [0.1, 0.15) is 23.9 Å². The van der Waals surface area contributed by atoms with E-state index in [1.165, 1.54) is 12.1 Å². The zero-order valence-electron chi connectivity index (χ0n) is 18.5. The highest BCUT2D eigenvalue weighted by Crippen LogP contribution is 2.33. The molecule has 8 heteroatoms. The maximum Gasteiger partial charge on any atom is 0.256 e. The molecule has 3 aromatic rings. The van der Waals surface area contributed by atoms with Crippen molar-refractivity contribution >= 4 is 23.3 Å². The molecule has 0 bridgehead atoms. The van der Waals surface area contributed by atoms with Crippen LogP contribution < -0.4 is 9.47 Å². The normalized spacial score (nSPS) is 15.4. The lowest BCUT2D eigenvalue weighted by Crippen LogP contribution is -2.52. The monoisotopic (exact) mass is 480 g/mol. The van der Waals surface area contributed by atoms with Crippen molar-refractivity contribution in [2.24, 2.45) is 5.92 Å². The number of hydrogen-bond acceptors (Lipinski definition) is 5. The van der Waals surface area contributed by atoms with Crippen molar-refractivity contribution in [2.75, 3.05) is 26.3 Å². The lowest BCUT2D eigenvalue weighted by Gasteiger charge is -2.39. The largest absolute Gasteiger partial charge is 0.492 e. The average Bonchev–Trinajstić information content (AvgIpc) is 2.78. The SMILES string of the molecule is Cc1cccc(-c2cc(Cl)ccc2OCC2CN(C(=O)c3cc4c(cc3F)OCC(=O)C4)C2)n1. The van der Waals surface area contributed by atoms with Crippen LogP contribution in [0.5, 0.6) is 11.5 Å². The number of rotatable bonds is 5. The number of amides is 1. The predicted molar refractivity (Wildman–Crippen MR) is 125 cm³/mol. The number of carbonyl (C=O) groups is 2. The van der Waals surface area contributed by atoms with Crippen molar-refractivity contribution in [1.82, 2.24) is 9.88 Å². The summed E-state index contributed by atoms with van der Waals surface area (Å²) in [5.41, 5.74) is 2.97. The first-order valence-electron chi connectivity index (χ1n) is 11.0. The van der Waals surface area contributed by atoms with Crippen LogP contribution in [0.15, 0.2) is 48.5 Å². The standard InChI is InChI=1S/C26H22ClFN2O4/c1-15-3-2-4-23(29-15)21-9-18(27)5-6-24(21)33-13-16-11-30(12-16)26(32)20-8-17-7-19(31)14-34-25(17)10-22(20)28/h2-6,8-10,16H,7,11-14H2,1H3. The van der Waals surface area contributed by atoms with Crippen LogP contribution >= 0.6 is 11.6 Å². The molecule has 1 saturated heterocycles. The summed E-state index contributed by atoms with van der Waals surface area (Å²) in [5, 5.41) is 0.588. The zero-order chi connectivity index (χ0) is 23.8. The first-order chi connectivity index (χ1) is 16.4.